The molecule has 2 atom stereocenters. The SMILES string of the molecule is CCCCCCCCCCCCC(O)CCC(O)CCCCCCCCC(=O)O. The second kappa shape index (κ2) is 22.1. The quantitative estimate of drug-likeness (QED) is 0.157. The zero-order chi connectivity index (χ0) is 21.6. The van der Waals surface area contributed by atoms with E-state index in [0.29, 0.717) is 12.8 Å². The summed E-state index contributed by atoms with van der Waals surface area (Å²) in [5, 5.41) is 28.8. The first-order valence-electron chi connectivity index (χ1n) is 12.6. The number of aliphatic hydroxyl groups is 2. The van der Waals surface area contributed by atoms with E-state index >= 15 is 0 Å². The minimum Gasteiger partial charge on any atom is -0.481 e. The number of carboxylic acids is 1. The number of hydrogen-bond donors (Lipinski definition) is 3. The zero-order valence-electron chi connectivity index (χ0n) is 19.3. The molecule has 0 aliphatic carbocycles. The lowest BCUT2D eigenvalue weighted by Gasteiger charge is -2.14. The molecule has 0 radical (unpaired) electrons. The predicted octanol–water partition coefficient (Wildman–Crippen LogP) is 7.00. The Kier molecular flexibility index (Phi) is 21.6. The Bertz CT molecular complexity index is 346. The normalized spacial score (nSPS) is 13.5. The van der Waals surface area contributed by atoms with Crippen LogP contribution in [0, 0.1) is 0 Å². The first kappa shape index (κ1) is 28.4. The molecule has 4 nitrogen and oxygen atoms in total. The van der Waals surface area contributed by atoms with Crippen LogP contribution in [0.25, 0.3) is 0 Å². The number of carboxylic acid groups (broad SMARTS) is 1. The number of carbonyl (C=O) groups is 1. The highest BCUT2D eigenvalue weighted by Gasteiger charge is 2.09. The Balaban J connectivity index is 3.32. The minimum absolute atomic E-state index is 0.257. The summed E-state index contributed by atoms with van der Waals surface area (Å²) in [6, 6.07) is 0. The maximum atomic E-state index is 10.4. The van der Waals surface area contributed by atoms with E-state index < -0.39 is 5.97 Å². The summed E-state index contributed by atoms with van der Waals surface area (Å²) in [4.78, 5) is 10.4. The summed E-state index contributed by atoms with van der Waals surface area (Å²) in [5.74, 6) is -0.705. The van der Waals surface area contributed by atoms with E-state index in [4.69, 9.17) is 5.11 Å². The molecule has 0 aliphatic rings. The fraction of sp³-hybridized carbons (Fsp3) is 0.960. The van der Waals surface area contributed by atoms with Crippen molar-refractivity contribution in [1.82, 2.24) is 0 Å². The van der Waals surface area contributed by atoms with Gasteiger partial charge in [0.25, 0.3) is 0 Å². The first-order valence-corrected chi connectivity index (χ1v) is 12.6. The average Bonchev–Trinajstić information content (AvgIpc) is 2.69. The minimum atomic E-state index is -0.705. The summed E-state index contributed by atoms with van der Waals surface area (Å²) >= 11 is 0. The van der Waals surface area contributed by atoms with Gasteiger partial charge in [-0.15, -0.1) is 0 Å². The molecule has 3 N–H and O–H groups in total. The third kappa shape index (κ3) is 23.5. The number of hydrogen-bond acceptors (Lipinski definition) is 3. The van der Waals surface area contributed by atoms with Gasteiger partial charge in [0, 0.05) is 6.42 Å². The zero-order valence-corrected chi connectivity index (χ0v) is 19.3. The van der Waals surface area contributed by atoms with Crippen molar-refractivity contribution >= 4 is 5.97 Å². The van der Waals surface area contributed by atoms with Crippen molar-refractivity contribution in [1.29, 1.82) is 0 Å². The molecule has 174 valence electrons. The molecule has 29 heavy (non-hydrogen) atoms. The van der Waals surface area contributed by atoms with E-state index in [-0.39, 0.29) is 18.6 Å². The van der Waals surface area contributed by atoms with Crippen molar-refractivity contribution in [2.75, 3.05) is 0 Å². The van der Waals surface area contributed by atoms with Gasteiger partial charge in [-0.25, -0.2) is 0 Å². The van der Waals surface area contributed by atoms with Crippen molar-refractivity contribution < 1.29 is 20.1 Å². The highest BCUT2D eigenvalue weighted by atomic mass is 16.4. The Morgan fingerprint density at radius 3 is 1.28 bits per heavy atom. The molecule has 0 heterocycles. The largest absolute Gasteiger partial charge is 0.481 e. The Morgan fingerprint density at radius 1 is 0.552 bits per heavy atom. The number of aliphatic carboxylic acids is 1. The fourth-order valence-electron chi connectivity index (χ4n) is 3.90. The first-order chi connectivity index (χ1) is 14.1. The van der Waals surface area contributed by atoms with Crippen LogP contribution in [-0.4, -0.2) is 33.5 Å². The number of unbranched alkanes of at least 4 members (excludes halogenated alkanes) is 14. The molecular weight excluding hydrogens is 364 g/mol. The van der Waals surface area contributed by atoms with Crippen molar-refractivity contribution in [3.63, 3.8) is 0 Å². The molecule has 0 aromatic rings. The number of rotatable bonds is 23. The average molecular weight is 415 g/mol. The standard InChI is InChI=1S/C25H50O4/c1-2-3-4-5-6-7-8-9-12-15-18-23(26)21-22-24(27)19-16-13-10-11-14-17-20-25(28)29/h23-24,26-27H,2-22H2,1H3,(H,28,29). The van der Waals surface area contributed by atoms with E-state index in [0.717, 1.165) is 57.8 Å². The molecule has 0 bridgehead atoms. The maximum Gasteiger partial charge on any atom is 0.303 e. The molecule has 0 aliphatic heterocycles. The Hall–Kier alpha value is -0.610. The van der Waals surface area contributed by atoms with Crippen molar-refractivity contribution in [2.24, 2.45) is 0 Å². The van der Waals surface area contributed by atoms with Crippen LogP contribution in [0.4, 0.5) is 0 Å². The molecule has 2 unspecified atom stereocenters. The van der Waals surface area contributed by atoms with Crippen LogP contribution < -0.4 is 0 Å². The van der Waals surface area contributed by atoms with E-state index in [1.54, 1.807) is 0 Å². The molecule has 0 saturated heterocycles. The molecule has 0 amide bonds. The third-order valence-electron chi connectivity index (χ3n) is 5.90. The monoisotopic (exact) mass is 414 g/mol. The summed E-state index contributed by atoms with van der Waals surface area (Å²) in [6.07, 6.45) is 22.1. The topological polar surface area (TPSA) is 77.8 Å². The third-order valence-corrected chi connectivity index (χ3v) is 5.90. The van der Waals surface area contributed by atoms with Gasteiger partial charge < -0.3 is 15.3 Å². The lowest BCUT2D eigenvalue weighted by atomic mass is 10.00. The molecule has 0 aromatic heterocycles. The van der Waals surface area contributed by atoms with Crippen molar-refractivity contribution in [3.05, 3.63) is 0 Å². The lowest BCUT2D eigenvalue weighted by Crippen LogP contribution is -2.13. The van der Waals surface area contributed by atoms with E-state index in [1.165, 1.54) is 57.8 Å². The van der Waals surface area contributed by atoms with Crippen molar-refractivity contribution in [3.8, 4) is 0 Å². The Labute approximate surface area is 180 Å². The van der Waals surface area contributed by atoms with E-state index in [9.17, 15) is 15.0 Å². The van der Waals surface area contributed by atoms with Gasteiger partial charge in [0.2, 0.25) is 0 Å². The van der Waals surface area contributed by atoms with Gasteiger partial charge in [-0.3, -0.25) is 4.79 Å². The maximum absolute atomic E-state index is 10.4. The van der Waals surface area contributed by atoms with Gasteiger partial charge >= 0.3 is 5.97 Å². The van der Waals surface area contributed by atoms with Crippen LogP contribution in [0.3, 0.4) is 0 Å². The molecule has 4 heteroatoms. The summed E-state index contributed by atoms with van der Waals surface area (Å²) in [7, 11) is 0. The van der Waals surface area contributed by atoms with Gasteiger partial charge in [-0.05, 0) is 32.1 Å². The summed E-state index contributed by atoms with van der Waals surface area (Å²) in [5.41, 5.74) is 0. The van der Waals surface area contributed by atoms with Crippen LogP contribution in [0.15, 0.2) is 0 Å². The highest BCUT2D eigenvalue weighted by molar-refractivity contribution is 5.66. The van der Waals surface area contributed by atoms with Crippen LogP contribution in [0.5, 0.6) is 0 Å². The molecule has 0 aromatic carbocycles. The molecule has 0 rings (SSSR count). The molecular formula is C25H50O4. The van der Waals surface area contributed by atoms with Crippen molar-refractivity contribution in [2.45, 2.75) is 154 Å². The van der Waals surface area contributed by atoms with Crippen LogP contribution in [-0.2, 0) is 4.79 Å². The van der Waals surface area contributed by atoms with Gasteiger partial charge in [0.1, 0.15) is 0 Å². The van der Waals surface area contributed by atoms with Crippen LogP contribution in [0.1, 0.15) is 142 Å². The van der Waals surface area contributed by atoms with Gasteiger partial charge in [-0.1, -0.05) is 103 Å². The van der Waals surface area contributed by atoms with Gasteiger partial charge in [0.15, 0.2) is 0 Å². The van der Waals surface area contributed by atoms with Crippen LogP contribution in [0.2, 0.25) is 0 Å². The molecule has 0 spiro atoms. The van der Waals surface area contributed by atoms with Crippen LogP contribution >= 0.6 is 0 Å². The van der Waals surface area contributed by atoms with E-state index in [1.807, 2.05) is 0 Å². The second-order valence-corrected chi connectivity index (χ2v) is 8.91. The smallest absolute Gasteiger partial charge is 0.303 e. The summed E-state index contributed by atoms with van der Waals surface area (Å²) < 4.78 is 0. The number of aliphatic hydroxyl groups excluding tert-OH is 2. The molecule has 0 fully saturated rings. The van der Waals surface area contributed by atoms with Gasteiger partial charge in [0.05, 0.1) is 12.2 Å². The van der Waals surface area contributed by atoms with E-state index in [2.05, 4.69) is 6.92 Å². The fourth-order valence-corrected chi connectivity index (χ4v) is 3.90. The lowest BCUT2D eigenvalue weighted by molar-refractivity contribution is -0.137. The second-order valence-electron chi connectivity index (χ2n) is 8.91. The Morgan fingerprint density at radius 2 is 0.897 bits per heavy atom. The summed E-state index contributed by atoms with van der Waals surface area (Å²) in [6.45, 7) is 2.26. The molecule has 0 saturated carbocycles. The highest BCUT2D eigenvalue weighted by Crippen LogP contribution is 2.16. The van der Waals surface area contributed by atoms with Gasteiger partial charge in [-0.2, -0.15) is 0 Å². The predicted molar refractivity (Wildman–Crippen MR) is 122 cm³/mol.